The number of halogens is 2. The first-order chi connectivity index (χ1) is 15.4. The zero-order chi connectivity index (χ0) is 22.8. The van der Waals surface area contributed by atoms with Crippen molar-refractivity contribution in [3.63, 3.8) is 0 Å². The number of imidazole rings is 1. The summed E-state index contributed by atoms with van der Waals surface area (Å²) in [5.41, 5.74) is 3.55. The van der Waals surface area contributed by atoms with Gasteiger partial charge in [0.15, 0.2) is 0 Å². The van der Waals surface area contributed by atoms with Crippen LogP contribution in [0.25, 0.3) is 16.9 Å². The molecule has 0 atom stereocenters. The van der Waals surface area contributed by atoms with Gasteiger partial charge in [-0.3, -0.25) is 9.20 Å². The maximum Gasteiger partial charge on any atom is 0.258 e. The van der Waals surface area contributed by atoms with E-state index < -0.39 is 18.9 Å². The quantitative estimate of drug-likeness (QED) is 0.534. The Kier molecular flexibility index (Phi) is 6.27. The second-order valence-electron chi connectivity index (χ2n) is 7.99. The predicted molar refractivity (Wildman–Crippen MR) is 117 cm³/mol. The highest BCUT2D eigenvalue weighted by molar-refractivity contribution is 6.00. The minimum atomic E-state index is -2.57. The van der Waals surface area contributed by atoms with Gasteiger partial charge in [0, 0.05) is 30.9 Å². The molecule has 1 aromatic carbocycles. The topological polar surface area (TPSA) is 59.3 Å². The van der Waals surface area contributed by atoms with E-state index >= 15 is 0 Å². The Hall–Kier alpha value is -3.20. The van der Waals surface area contributed by atoms with Crippen LogP contribution in [0.5, 0.6) is 11.5 Å². The van der Waals surface area contributed by atoms with Crippen LogP contribution >= 0.6 is 0 Å². The molecule has 1 aliphatic rings. The van der Waals surface area contributed by atoms with E-state index in [4.69, 9.17) is 9.47 Å². The largest absolute Gasteiger partial charge is 0.496 e. The van der Waals surface area contributed by atoms with Crippen LogP contribution in [0.4, 0.5) is 8.78 Å². The molecule has 1 amide bonds. The van der Waals surface area contributed by atoms with Crippen LogP contribution in [-0.4, -0.2) is 79.0 Å². The van der Waals surface area contributed by atoms with Gasteiger partial charge < -0.3 is 19.3 Å². The molecule has 0 saturated carbocycles. The van der Waals surface area contributed by atoms with Crippen molar-refractivity contribution in [2.24, 2.45) is 0 Å². The van der Waals surface area contributed by atoms with Gasteiger partial charge in [-0.1, -0.05) is 0 Å². The zero-order valence-electron chi connectivity index (χ0n) is 18.3. The number of pyridine rings is 1. The number of benzene rings is 1. The summed E-state index contributed by atoms with van der Waals surface area (Å²) in [6, 6.07) is 7.43. The number of hydrogen-bond donors (Lipinski definition) is 0. The first kappa shape index (κ1) is 22.0. The summed E-state index contributed by atoms with van der Waals surface area (Å²) < 4.78 is 38.9. The van der Waals surface area contributed by atoms with Crippen LogP contribution in [0.3, 0.4) is 0 Å². The number of alkyl halides is 2. The molecule has 0 radical (unpaired) electrons. The van der Waals surface area contributed by atoms with E-state index in [9.17, 15) is 13.6 Å². The number of aromatic nitrogens is 2. The van der Waals surface area contributed by atoms with Crippen molar-refractivity contribution in [3.05, 3.63) is 47.8 Å². The van der Waals surface area contributed by atoms with Gasteiger partial charge in [0.1, 0.15) is 23.8 Å². The summed E-state index contributed by atoms with van der Waals surface area (Å²) in [4.78, 5) is 20.5. The van der Waals surface area contributed by atoms with E-state index in [0.717, 1.165) is 34.8 Å². The van der Waals surface area contributed by atoms with Gasteiger partial charge in [-0.25, -0.2) is 13.8 Å². The molecule has 170 valence electrons. The van der Waals surface area contributed by atoms with Crippen molar-refractivity contribution in [1.82, 2.24) is 19.2 Å². The standard InChI is InChI=1S/C23H26F2N4O3/c1-27(2)8-9-32-17-5-7-29-18(13-26-21(29)12-17)16-10-15-4-6-28(14-20(24)25)23(30)22(15)19(11-16)31-3/h5,7,10-13,20H,4,6,8-9,14H2,1-3H3. The lowest BCUT2D eigenvalue weighted by atomic mass is 9.94. The summed E-state index contributed by atoms with van der Waals surface area (Å²) in [6.45, 7) is 1.07. The van der Waals surface area contributed by atoms with Crippen molar-refractivity contribution < 1.29 is 23.0 Å². The van der Waals surface area contributed by atoms with E-state index in [1.807, 2.05) is 47.8 Å². The van der Waals surface area contributed by atoms with E-state index in [-0.39, 0.29) is 6.54 Å². The molecule has 0 spiro atoms. The van der Waals surface area contributed by atoms with Gasteiger partial charge in [-0.2, -0.15) is 0 Å². The molecule has 4 rings (SSSR count). The third kappa shape index (κ3) is 4.38. The Bertz CT molecular complexity index is 1110. The number of carbonyl (C=O) groups excluding carboxylic acids is 1. The summed E-state index contributed by atoms with van der Waals surface area (Å²) in [5, 5.41) is 0. The highest BCUT2D eigenvalue weighted by Gasteiger charge is 2.30. The molecule has 1 aliphatic heterocycles. The molecule has 7 nitrogen and oxygen atoms in total. The van der Waals surface area contributed by atoms with Gasteiger partial charge in [0.05, 0.1) is 31.1 Å². The predicted octanol–water partition coefficient (Wildman–Crippen LogP) is 3.21. The minimum Gasteiger partial charge on any atom is -0.496 e. The minimum absolute atomic E-state index is 0.254. The molecular weight excluding hydrogens is 418 g/mol. The highest BCUT2D eigenvalue weighted by atomic mass is 19.3. The van der Waals surface area contributed by atoms with Gasteiger partial charge in [-0.05, 0) is 44.3 Å². The van der Waals surface area contributed by atoms with Crippen LogP contribution in [0, 0.1) is 0 Å². The van der Waals surface area contributed by atoms with Crippen LogP contribution in [0.2, 0.25) is 0 Å². The molecule has 0 aliphatic carbocycles. The zero-order valence-corrected chi connectivity index (χ0v) is 18.3. The fourth-order valence-corrected chi connectivity index (χ4v) is 3.89. The number of methoxy groups -OCH3 is 1. The van der Waals surface area contributed by atoms with Crippen molar-refractivity contribution in [2.45, 2.75) is 12.8 Å². The van der Waals surface area contributed by atoms with Crippen molar-refractivity contribution in [2.75, 3.05) is 47.4 Å². The first-order valence-electron chi connectivity index (χ1n) is 10.4. The molecule has 0 unspecified atom stereocenters. The molecule has 3 heterocycles. The Morgan fingerprint density at radius 1 is 1.25 bits per heavy atom. The Morgan fingerprint density at radius 2 is 2.06 bits per heavy atom. The van der Waals surface area contributed by atoms with E-state index in [1.165, 1.54) is 12.0 Å². The first-order valence-corrected chi connectivity index (χ1v) is 10.4. The lowest BCUT2D eigenvalue weighted by molar-refractivity contribution is 0.0534. The molecule has 3 aromatic rings. The monoisotopic (exact) mass is 444 g/mol. The molecule has 0 fully saturated rings. The average molecular weight is 444 g/mol. The third-order valence-electron chi connectivity index (χ3n) is 5.50. The SMILES string of the molecule is COc1cc(-c2cnc3cc(OCCN(C)C)ccn23)cc2c1C(=O)N(CC(F)F)CC2. The summed E-state index contributed by atoms with van der Waals surface area (Å²) in [6.07, 6.45) is 1.57. The molecule has 0 N–H and O–H groups in total. The second kappa shape index (κ2) is 9.12. The normalized spacial score (nSPS) is 13.8. The number of rotatable bonds is 8. The van der Waals surface area contributed by atoms with E-state index in [2.05, 4.69) is 4.98 Å². The average Bonchev–Trinajstić information content (AvgIpc) is 3.17. The van der Waals surface area contributed by atoms with Gasteiger partial charge in [0.25, 0.3) is 12.3 Å². The summed E-state index contributed by atoms with van der Waals surface area (Å²) in [5.74, 6) is 0.692. The lowest BCUT2D eigenvalue weighted by Gasteiger charge is -2.29. The molecule has 32 heavy (non-hydrogen) atoms. The number of likely N-dealkylation sites (N-methyl/N-ethyl adjacent to an activating group) is 1. The van der Waals surface area contributed by atoms with Gasteiger partial charge >= 0.3 is 0 Å². The Balaban J connectivity index is 1.65. The highest BCUT2D eigenvalue weighted by Crippen LogP contribution is 2.34. The second-order valence-corrected chi connectivity index (χ2v) is 7.99. The maximum atomic E-state index is 12.8. The van der Waals surface area contributed by atoms with Crippen LogP contribution < -0.4 is 9.47 Å². The summed E-state index contributed by atoms with van der Waals surface area (Å²) >= 11 is 0. The fourth-order valence-electron chi connectivity index (χ4n) is 3.89. The fraction of sp³-hybridized carbons (Fsp3) is 0.391. The Labute approximate surface area is 185 Å². The lowest BCUT2D eigenvalue weighted by Crippen LogP contribution is -2.40. The van der Waals surface area contributed by atoms with Crippen LogP contribution in [0.15, 0.2) is 36.7 Å². The van der Waals surface area contributed by atoms with E-state index in [0.29, 0.717) is 24.3 Å². The molecule has 0 bridgehead atoms. The third-order valence-corrected chi connectivity index (χ3v) is 5.50. The number of ether oxygens (including phenoxy) is 2. The number of nitrogens with zero attached hydrogens (tertiary/aromatic N) is 4. The summed E-state index contributed by atoms with van der Waals surface area (Å²) in [7, 11) is 5.46. The van der Waals surface area contributed by atoms with Gasteiger partial charge in [-0.15, -0.1) is 0 Å². The molecule has 2 aromatic heterocycles. The van der Waals surface area contributed by atoms with Crippen molar-refractivity contribution >= 4 is 11.6 Å². The van der Waals surface area contributed by atoms with E-state index in [1.54, 1.807) is 12.3 Å². The number of fused-ring (bicyclic) bond motifs is 2. The molecule has 9 heteroatoms. The van der Waals surface area contributed by atoms with Crippen molar-refractivity contribution in [1.29, 1.82) is 0 Å². The number of carbonyl (C=O) groups is 1. The maximum absolute atomic E-state index is 12.8. The molecule has 0 saturated heterocycles. The number of amides is 1. The van der Waals surface area contributed by atoms with Crippen LogP contribution in [-0.2, 0) is 6.42 Å². The number of hydrogen-bond acceptors (Lipinski definition) is 5. The Morgan fingerprint density at radius 3 is 2.78 bits per heavy atom. The smallest absolute Gasteiger partial charge is 0.258 e. The molecular formula is C23H26F2N4O3. The van der Waals surface area contributed by atoms with Crippen LogP contribution in [0.1, 0.15) is 15.9 Å². The van der Waals surface area contributed by atoms with Gasteiger partial charge in [0.2, 0.25) is 0 Å². The van der Waals surface area contributed by atoms with Crippen molar-refractivity contribution in [3.8, 4) is 22.8 Å².